The van der Waals surface area contributed by atoms with Gasteiger partial charge in [0.25, 0.3) is 5.91 Å². The predicted octanol–water partition coefficient (Wildman–Crippen LogP) is 6.19. The number of pyridine rings is 1. The van der Waals surface area contributed by atoms with Crippen molar-refractivity contribution in [3.05, 3.63) is 70.1 Å². The molecule has 0 radical (unpaired) electrons. The molecule has 0 saturated heterocycles. The van der Waals surface area contributed by atoms with Gasteiger partial charge in [0.2, 0.25) is 0 Å². The molecule has 8 heteroatoms. The van der Waals surface area contributed by atoms with Crippen LogP contribution >= 0.6 is 23.2 Å². The molecule has 1 aliphatic carbocycles. The zero-order chi connectivity index (χ0) is 24.1. The fraction of sp³-hybridized carbons (Fsp3) is 0.385. The first-order chi connectivity index (χ1) is 16.4. The Hall–Kier alpha value is -2.41. The first kappa shape index (κ1) is 24.7. The van der Waals surface area contributed by atoms with E-state index in [4.69, 9.17) is 27.9 Å². The van der Waals surface area contributed by atoms with Gasteiger partial charge < -0.3 is 15.2 Å². The van der Waals surface area contributed by atoms with Gasteiger partial charge in [0.05, 0.1) is 16.6 Å². The summed E-state index contributed by atoms with van der Waals surface area (Å²) in [7, 11) is 0. The zero-order valence-corrected chi connectivity index (χ0v) is 20.2. The minimum Gasteiger partial charge on any atom is -0.491 e. The summed E-state index contributed by atoms with van der Waals surface area (Å²) in [5, 5.41) is 14.9. The highest BCUT2D eigenvalue weighted by Crippen LogP contribution is 2.29. The van der Waals surface area contributed by atoms with Crippen LogP contribution in [-0.2, 0) is 0 Å². The van der Waals surface area contributed by atoms with Crippen LogP contribution < -0.4 is 10.1 Å². The number of aromatic nitrogens is 1. The maximum absolute atomic E-state index is 13.5. The molecule has 2 N–H and O–H groups in total. The van der Waals surface area contributed by atoms with E-state index in [0.29, 0.717) is 28.8 Å². The Morgan fingerprint density at radius 2 is 1.91 bits per heavy atom. The van der Waals surface area contributed by atoms with Crippen LogP contribution in [0.15, 0.2) is 48.5 Å². The number of amides is 1. The van der Waals surface area contributed by atoms with E-state index in [1.54, 1.807) is 18.2 Å². The van der Waals surface area contributed by atoms with Gasteiger partial charge in [-0.3, -0.25) is 4.79 Å². The van der Waals surface area contributed by atoms with E-state index in [2.05, 4.69) is 10.3 Å². The van der Waals surface area contributed by atoms with Gasteiger partial charge in [-0.25, -0.2) is 9.37 Å². The van der Waals surface area contributed by atoms with E-state index in [1.165, 1.54) is 12.1 Å². The van der Waals surface area contributed by atoms with Crippen molar-refractivity contribution in [2.75, 3.05) is 6.61 Å². The Labute approximate surface area is 208 Å². The Balaban J connectivity index is 1.18. The summed E-state index contributed by atoms with van der Waals surface area (Å²) in [6.45, 7) is 0.109. The summed E-state index contributed by atoms with van der Waals surface area (Å²) in [6.07, 6.45) is 4.66. The lowest BCUT2D eigenvalue weighted by atomic mass is 9.83. The molecule has 1 aliphatic rings. The van der Waals surface area contributed by atoms with Crippen LogP contribution in [0.25, 0.3) is 10.9 Å². The molecule has 0 spiro atoms. The second-order valence-electron chi connectivity index (χ2n) is 8.84. The number of halogens is 3. The van der Waals surface area contributed by atoms with E-state index in [0.717, 1.165) is 43.0 Å². The third-order valence-corrected chi connectivity index (χ3v) is 6.85. The number of nitrogens with one attached hydrogen (secondary N) is 1. The number of aliphatic hydroxyl groups excluding tert-OH is 1. The molecule has 1 atom stereocenters. The van der Waals surface area contributed by atoms with E-state index >= 15 is 0 Å². The van der Waals surface area contributed by atoms with Crippen LogP contribution in [0.2, 0.25) is 10.0 Å². The molecule has 1 heterocycles. The molecule has 2 aromatic carbocycles. The van der Waals surface area contributed by atoms with Gasteiger partial charge >= 0.3 is 0 Å². The zero-order valence-electron chi connectivity index (χ0n) is 18.6. The number of rotatable bonds is 8. The maximum atomic E-state index is 13.5. The van der Waals surface area contributed by atoms with E-state index in [-0.39, 0.29) is 23.6 Å². The highest BCUT2D eigenvalue weighted by atomic mass is 35.5. The van der Waals surface area contributed by atoms with Crippen molar-refractivity contribution in [1.29, 1.82) is 0 Å². The molecule has 0 bridgehead atoms. The fourth-order valence-corrected chi connectivity index (χ4v) is 4.65. The number of carbonyl (C=O) groups excluding carboxylic acids is 1. The third kappa shape index (κ3) is 6.59. The molecular weight excluding hydrogens is 478 g/mol. The van der Waals surface area contributed by atoms with Crippen molar-refractivity contribution >= 4 is 40.0 Å². The quantitative estimate of drug-likeness (QED) is 0.383. The monoisotopic (exact) mass is 504 g/mol. The largest absolute Gasteiger partial charge is 0.491 e. The predicted molar refractivity (Wildman–Crippen MR) is 132 cm³/mol. The third-order valence-electron chi connectivity index (χ3n) is 6.31. The van der Waals surface area contributed by atoms with E-state index in [9.17, 15) is 14.3 Å². The number of benzene rings is 2. The number of hydrogen-bond donors (Lipinski definition) is 2. The summed E-state index contributed by atoms with van der Waals surface area (Å²) in [6, 6.07) is 13.3. The molecule has 1 unspecified atom stereocenters. The molecular formula is C26H27Cl2FN2O3. The molecule has 3 aromatic rings. The van der Waals surface area contributed by atoms with Gasteiger partial charge in [0, 0.05) is 22.5 Å². The van der Waals surface area contributed by atoms with Crippen LogP contribution in [0.5, 0.6) is 5.75 Å². The molecule has 1 fully saturated rings. The molecule has 180 valence electrons. The van der Waals surface area contributed by atoms with Crippen molar-refractivity contribution < 1.29 is 19.0 Å². The van der Waals surface area contributed by atoms with Crippen LogP contribution in [-0.4, -0.2) is 34.8 Å². The summed E-state index contributed by atoms with van der Waals surface area (Å²) in [5.74, 6) is 0.145. The second kappa shape index (κ2) is 11.3. The van der Waals surface area contributed by atoms with Gasteiger partial charge in [0.1, 0.15) is 23.9 Å². The van der Waals surface area contributed by atoms with Crippen molar-refractivity contribution in [2.45, 2.75) is 50.7 Å². The lowest BCUT2D eigenvalue weighted by molar-refractivity contribution is 0.0874. The lowest BCUT2D eigenvalue weighted by Gasteiger charge is -2.29. The summed E-state index contributed by atoms with van der Waals surface area (Å²) in [5.41, 5.74) is 1.14. The second-order valence-corrected chi connectivity index (χ2v) is 9.69. The number of hydrogen-bond acceptors (Lipinski definition) is 4. The smallest absolute Gasteiger partial charge is 0.270 e. The summed E-state index contributed by atoms with van der Waals surface area (Å²) in [4.78, 5) is 17.1. The number of aliphatic hydroxyl groups is 1. The fourth-order valence-electron chi connectivity index (χ4n) is 4.35. The first-order valence-corrected chi connectivity index (χ1v) is 12.3. The van der Waals surface area contributed by atoms with Gasteiger partial charge in [-0.2, -0.15) is 0 Å². The molecule has 1 aromatic heterocycles. The molecule has 34 heavy (non-hydrogen) atoms. The van der Waals surface area contributed by atoms with E-state index < -0.39 is 11.9 Å². The minimum absolute atomic E-state index is 0.0404. The van der Waals surface area contributed by atoms with E-state index in [1.807, 2.05) is 18.2 Å². The highest BCUT2D eigenvalue weighted by molar-refractivity contribution is 6.31. The molecule has 1 amide bonds. The van der Waals surface area contributed by atoms with Gasteiger partial charge in [0.15, 0.2) is 0 Å². The van der Waals surface area contributed by atoms with Gasteiger partial charge in [-0.1, -0.05) is 29.3 Å². The Morgan fingerprint density at radius 3 is 2.68 bits per heavy atom. The normalized spacial score (nSPS) is 19.1. The first-order valence-electron chi connectivity index (χ1n) is 11.5. The van der Waals surface area contributed by atoms with Gasteiger partial charge in [-0.15, -0.1) is 0 Å². The Morgan fingerprint density at radius 1 is 1.12 bits per heavy atom. The average Bonchev–Trinajstić information content (AvgIpc) is 2.84. The molecule has 4 rings (SSSR count). The molecule has 1 saturated carbocycles. The topological polar surface area (TPSA) is 71.5 Å². The number of fused-ring (bicyclic) bond motifs is 1. The molecule has 0 aliphatic heterocycles. The standard InChI is InChI=1S/C26H27Cl2FN2O3/c27-18-5-12-24-17(13-18)4-11-25(31-24)26(33)30-19-6-1-16(2-7-19)3-8-20(32)15-34-21-9-10-22(28)23(29)14-21/h4-5,9-14,16,19-20,32H,1-3,6-8,15H2,(H,30,33). The number of nitrogens with zero attached hydrogens (tertiary/aromatic N) is 1. The van der Waals surface area contributed by atoms with Crippen LogP contribution in [0.3, 0.4) is 0 Å². The Kier molecular flexibility index (Phi) is 8.24. The SMILES string of the molecule is O=C(NC1CCC(CCC(O)COc2ccc(Cl)c(F)c2)CC1)c1ccc2cc(Cl)ccc2n1. The van der Waals surface area contributed by atoms with Crippen molar-refractivity contribution in [2.24, 2.45) is 5.92 Å². The van der Waals surface area contributed by atoms with Crippen LogP contribution in [0.1, 0.15) is 49.0 Å². The lowest BCUT2D eigenvalue weighted by Crippen LogP contribution is -2.38. The van der Waals surface area contributed by atoms with Crippen molar-refractivity contribution in [3.8, 4) is 5.75 Å². The van der Waals surface area contributed by atoms with Crippen LogP contribution in [0.4, 0.5) is 4.39 Å². The number of carbonyl (C=O) groups is 1. The van der Waals surface area contributed by atoms with Crippen molar-refractivity contribution in [1.82, 2.24) is 10.3 Å². The number of ether oxygens (including phenoxy) is 1. The maximum Gasteiger partial charge on any atom is 0.270 e. The molecule has 5 nitrogen and oxygen atoms in total. The summed E-state index contributed by atoms with van der Waals surface area (Å²) >= 11 is 11.7. The van der Waals surface area contributed by atoms with Crippen LogP contribution in [0, 0.1) is 11.7 Å². The van der Waals surface area contributed by atoms with Gasteiger partial charge in [-0.05, 0) is 80.8 Å². The highest BCUT2D eigenvalue weighted by Gasteiger charge is 2.24. The van der Waals surface area contributed by atoms with Crippen molar-refractivity contribution in [3.63, 3.8) is 0 Å². The average molecular weight is 505 g/mol. The summed E-state index contributed by atoms with van der Waals surface area (Å²) < 4.78 is 18.9. The minimum atomic E-state index is -0.620. The Bertz CT molecular complexity index is 1150.